The molecule has 122 valence electrons. The first-order valence-electron chi connectivity index (χ1n) is 8.55. The van der Waals surface area contributed by atoms with E-state index in [1.54, 1.807) is 0 Å². The number of aromatic nitrogens is 3. The van der Waals surface area contributed by atoms with Crippen molar-refractivity contribution in [1.29, 1.82) is 0 Å². The highest BCUT2D eigenvalue weighted by Crippen LogP contribution is 2.21. The van der Waals surface area contributed by atoms with E-state index in [2.05, 4.69) is 33.9 Å². The third kappa shape index (κ3) is 3.32. The van der Waals surface area contributed by atoms with Crippen LogP contribution in [0, 0.1) is 5.92 Å². The number of rotatable bonds is 4. The minimum Gasteiger partial charge on any atom is -0.333 e. The third-order valence-corrected chi connectivity index (χ3v) is 4.88. The zero-order valence-corrected chi connectivity index (χ0v) is 13.7. The largest absolute Gasteiger partial charge is 0.333 e. The summed E-state index contributed by atoms with van der Waals surface area (Å²) in [5.41, 5.74) is 0. The van der Waals surface area contributed by atoms with E-state index in [-0.39, 0.29) is 5.91 Å². The quantitative estimate of drug-likeness (QED) is 0.916. The molecule has 2 aliphatic heterocycles. The van der Waals surface area contributed by atoms with E-state index in [4.69, 9.17) is 0 Å². The van der Waals surface area contributed by atoms with E-state index in [0.29, 0.717) is 24.8 Å². The molecule has 0 radical (unpaired) electrons. The Morgan fingerprint density at radius 1 is 1.27 bits per heavy atom. The molecule has 6 nitrogen and oxygen atoms in total. The fraction of sp³-hybridized carbons (Fsp3) is 0.812. The lowest BCUT2D eigenvalue weighted by Crippen LogP contribution is -2.39. The summed E-state index contributed by atoms with van der Waals surface area (Å²) < 4.78 is 2.18. The average molecular weight is 305 g/mol. The monoisotopic (exact) mass is 305 g/mol. The molecule has 22 heavy (non-hydrogen) atoms. The fourth-order valence-electron chi connectivity index (χ4n) is 3.48. The number of hydrogen-bond donors (Lipinski definition) is 1. The third-order valence-electron chi connectivity index (χ3n) is 4.88. The Balaban J connectivity index is 1.54. The molecule has 6 heteroatoms. The molecule has 1 N–H and O–H groups in total. The summed E-state index contributed by atoms with van der Waals surface area (Å²) in [5.74, 6) is 3.34. The first-order valence-corrected chi connectivity index (χ1v) is 8.55. The van der Waals surface area contributed by atoms with Gasteiger partial charge in [0.05, 0.1) is 6.54 Å². The molecule has 0 aliphatic carbocycles. The smallest absolute Gasteiger partial charge is 0.223 e. The van der Waals surface area contributed by atoms with Crippen molar-refractivity contribution in [3.8, 4) is 0 Å². The Hall–Kier alpha value is -1.43. The van der Waals surface area contributed by atoms with Crippen molar-refractivity contribution < 1.29 is 4.79 Å². The Kier molecular flexibility index (Phi) is 4.76. The number of fused-ring (bicyclic) bond motifs is 1. The van der Waals surface area contributed by atoms with Gasteiger partial charge >= 0.3 is 0 Å². The number of carbonyl (C=O) groups excluding carboxylic acids is 1. The summed E-state index contributed by atoms with van der Waals surface area (Å²) >= 11 is 0. The van der Waals surface area contributed by atoms with Crippen LogP contribution in [-0.4, -0.2) is 45.2 Å². The van der Waals surface area contributed by atoms with Gasteiger partial charge in [0.15, 0.2) is 5.82 Å². The van der Waals surface area contributed by atoms with E-state index in [1.807, 2.05) is 4.90 Å². The molecule has 0 spiro atoms. The number of piperidine rings is 1. The zero-order valence-electron chi connectivity index (χ0n) is 13.7. The van der Waals surface area contributed by atoms with Crippen molar-refractivity contribution in [1.82, 2.24) is 25.0 Å². The molecule has 3 rings (SSSR count). The Bertz CT molecular complexity index is 519. The van der Waals surface area contributed by atoms with Crippen LogP contribution in [-0.2, 0) is 17.9 Å². The molecular formula is C16H27N5O. The van der Waals surface area contributed by atoms with E-state index < -0.39 is 0 Å². The normalized spacial score (nSPS) is 19.5. The number of nitrogens with one attached hydrogen (secondary N) is 1. The summed E-state index contributed by atoms with van der Waals surface area (Å²) in [7, 11) is 0. The second-order valence-electron chi connectivity index (χ2n) is 6.83. The highest BCUT2D eigenvalue weighted by Gasteiger charge is 2.25. The number of hydrogen-bond acceptors (Lipinski definition) is 4. The van der Waals surface area contributed by atoms with Crippen LogP contribution in [0.5, 0.6) is 0 Å². The predicted molar refractivity (Wildman–Crippen MR) is 84.4 cm³/mol. The molecule has 0 aromatic carbocycles. The zero-order chi connectivity index (χ0) is 15.5. The first-order chi connectivity index (χ1) is 10.6. The van der Waals surface area contributed by atoms with E-state index in [0.717, 1.165) is 44.2 Å². The van der Waals surface area contributed by atoms with Gasteiger partial charge in [-0.05, 0) is 38.3 Å². The summed E-state index contributed by atoms with van der Waals surface area (Å²) in [5, 5.41) is 11.9. The van der Waals surface area contributed by atoms with Crippen molar-refractivity contribution in [3.63, 3.8) is 0 Å². The van der Waals surface area contributed by atoms with Gasteiger partial charge in [-0.15, -0.1) is 10.2 Å². The SMILES string of the molecule is CC(C)c1nnc2n1CCN(C(=O)CCC1CCNCC1)C2. The first kappa shape index (κ1) is 15.5. The van der Waals surface area contributed by atoms with Gasteiger partial charge in [0.2, 0.25) is 5.91 Å². The molecule has 1 fully saturated rings. The van der Waals surface area contributed by atoms with Crippen molar-refractivity contribution in [2.75, 3.05) is 19.6 Å². The average Bonchev–Trinajstić information content (AvgIpc) is 2.97. The van der Waals surface area contributed by atoms with Gasteiger partial charge in [0.25, 0.3) is 0 Å². The molecule has 1 aromatic rings. The van der Waals surface area contributed by atoms with Crippen LogP contribution < -0.4 is 5.32 Å². The van der Waals surface area contributed by atoms with Crippen LogP contribution in [0.4, 0.5) is 0 Å². The van der Waals surface area contributed by atoms with Gasteiger partial charge in [-0.3, -0.25) is 4.79 Å². The molecule has 0 atom stereocenters. The van der Waals surface area contributed by atoms with Crippen molar-refractivity contribution in [3.05, 3.63) is 11.6 Å². The van der Waals surface area contributed by atoms with E-state index in [9.17, 15) is 4.79 Å². The van der Waals surface area contributed by atoms with Gasteiger partial charge in [-0.1, -0.05) is 13.8 Å². The molecule has 1 amide bonds. The second kappa shape index (κ2) is 6.77. The molecule has 3 heterocycles. The summed E-state index contributed by atoms with van der Waals surface area (Å²) in [4.78, 5) is 14.4. The van der Waals surface area contributed by atoms with Crippen LogP contribution in [0.3, 0.4) is 0 Å². The van der Waals surface area contributed by atoms with Gasteiger partial charge in [-0.2, -0.15) is 0 Å². The van der Waals surface area contributed by atoms with Crippen LogP contribution >= 0.6 is 0 Å². The van der Waals surface area contributed by atoms with Crippen LogP contribution in [0.25, 0.3) is 0 Å². The van der Waals surface area contributed by atoms with E-state index in [1.165, 1.54) is 12.8 Å². The van der Waals surface area contributed by atoms with Gasteiger partial charge in [0.1, 0.15) is 5.82 Å². The van der Waals surface area contributed by atoms with Crippen LogP contribution in [0.2, 0.25) is 0 Å². The molecule has 0 bridgehead atoms. The topological polar surface area (TPSA) is 63.1 Å². The Morgan fingerprint density at radius 2 is 2.05 bits per heavy atom. The lowest BCUT2D eigenvalue weighted by molar-refractivity contribution is -0.133. The summed E-state index contributed by atoms with van der Waals surface area (Å²) in [6.07, 6.45) is 4.12. The maximum atomic E-state index is 12.4. The lowest BCUT2D eigenvalue weighted by atomic mass is 9.93. The number of nitrogens with zero attached hydrogens (tertiary/aromatic N) is 4. The van der Waals surface area contributed by atoms with Gasteiger partial charge in [0, 0.05) is 25.4 Å². The molecule has 2 aliphatic rings. The maximum absolute atomic E-state index is 12.4. The molecular weight excluding hydrogens is 278 g/mol. The lowest BCUT2D eigenvalue weighted by Gasteiger charge is -2.29. The molecule has 0 unspecified atom stereocenters. The summed E-state index contributed by atoms with van der Waals surface area (Å²) in [6.45, 7) is 8.70. The van der Waals surface area contributed by atoms with E-state index >= 15 is 0 Å². The number of carbonyl (C=O) groups is 1. The highest BCUT2D eigenvalue weighted by atomic mass is 16.2. The van der Waals surface area contributed by atoms with Crippen LogP contribution in [0.1, 0.15) is 57.1 Å². The standard InChI is InChI=1S/C16H27N5O/c1-12(2)16-19-18-14-11-20(9-10-21(14)16)15(22)4-3-13-5-7-17-8-6-13/h12-13,17H,3-11H2,1-2H3. The second-order valence-corrected chi connectivity index (χ2v) is 6.83. The van der Waals surface area contributed by atoms with Crippen molar-refractivity contribution >= 4 is 5.91 Å². The fourth-order valence-corrected chi connectivity index (χ4v) is 3.48. The minimum absolute atomic E-state index is 0.277. The predicted octanol–water partition coefficient (Wildman–Crippen LogP) is 1.52. The minimum atomic E-state index is 0.277. The maximum Gasteiger partial charge on any atom is 0.223 e. The number of amides is 1. The Morgan fingerprint density at radius 3 is 2.77 bits per heavy atom. The molecule has 1 aromatic heterocycles. The Labute approximate surface area is 132 Å². The highest BCUT2D eigenvalue weighted by molar-refractivity contribution is 5.76. The van der Waals surface area contributed by atoms with Crippen molar-refractivity contribution in [2.24, 2.45) is 5.92 Å². The summed E-state index contributed by atoms with van der Waals surface area (Å²) in [6, 6.07) is 0. The molecule has 1 saturated heterocycles. The van der Waals surface area contributed by atoms with Gasteiger partial charge in [-0.25, -0.2) is 0 Å². The van der Waals surface area contributed by atoms with Crippen LogP contribution in [0.15, 0.2) is 0 Å². The van der Waals surface area contributed by atoms with Crippen molar-refractivity contribution in [2.45, 2.75) is 58.5 Å². The van der Waals surface area contributed by atoms with Gasteiger partial charge < -0.3 is 14.8 Å². The molecule has 0 saturated carbocycles.